The van der Waals surface area contributed by atoms with E-state index in [-0.39, 0.29) is 6.03 Å². The average Bonchev–Trinajstić information content (AvgIpc) is 2.75. The summed E-state index contributed by atoms with van der Waals surface area (Å²) >= 11 is 0. The van der Waals surface area contributed by atoms with Crippen molar-refractivity contribution in [2.45, 2.75) is 32.6 Å². The Morgan fingerprint density at radius 1 is 1.56 bits per heavy atom. The van der Waals surface area contributed by atoms with Crippen LogP contribution in [-0.4, -0.2) is 29.1 Å². The number of nitrogens with zero attached hydrogens (tertiary/aromatic N) is 2. The molecule has 2 N–H and O–H groups in total. The number of aromatic amines is 1. The highest BCUT2D eigenvalue weighted by molar-refractivity contribution is 5.91. The van der Waals surface area contributed by atoms with Gasteiger partial charge in [-0.1, -0.05) is 13.3 Å². The SMILES string of the molecule is CCCCc1ncc(N2CCCNC2=O)[nH]1. The van der Waals surface area contributed by atoms with E-state index in [0.717, 1.165) is 50.4 Å². The lowest BCUT2D eigenvalue weighted by Crippen LogP contribution is -2.46. The van der Waals surface area contributed by atoms with E-state index < -0.39 is 0 Å². The molecule has 1 fully saturated rings. The Bertz CT molecular complexity index is 361. The number of urea groups is 1. The Morgan fingerprint density at radius 2 is 2.44 bits per heavy atom. The standard InChI is InChI=1S/C11H18N4O/c1-2-3-5-9-13-8-10(14-9)15-7-4-6-12-11(15)16/h8H,2-7H2,1H3,(H,12,16)(H,13,14). The maximum atomic E-state index is 11.6. The van der Waals surface area contributed by atoms with Crippen LogP contribution >= 0.6 is 0 Å². The summed E-state index contributed by atoms with van der Waals surface area (Å²) in [5, 5.41) is 2.82. The van der Waals surface area contributed by atoms with Gasteiger partial charge in [-0.2, -0.15) is 0 Å². The van der Waals surface area contributed by atoms with Crippen LogP contribution in [0.2, 0.25) is 0 Å². The van der Waals surface area contributed by atoms with E-state index in [1.54, 1.807) is 11.1 Å². The average molecular weight is 222 g/mol. The second-order valence-electron chi connectivity index (χ2n) is 4.06. The van der Waals surface area contributed by atoms with Crippen molar-refractivity contribution < 1.29 is 4.79 Å². The third-order valence-electron chi connectivity index (χ3n) is 2.75. The molecule has 1 aliphatic heterocycles. The molecule has 2 rings (SSSR count). The minimum atomic E-state index is -0.0306. The lowest BCUT2D eigenvalue weighted by molar-refractivity contribution is 0.242. The summed E-state index contributed by atoms with van der Waals surface area (Å²) in [4.78, 5) is 20.8. The Kier molecular flexibility index (Phi) is 3.44. The molecular formula is C11H18N4O. The predicted octanol–water partition coefficient (Wildman–Crippen LogP) is 1.67. The Hall–Kier alpha value is -1.52. The summed E-state index contributed by atoms with van der Waals surface area (Å²) in [5.41, 5.74) is 0. The molecule has 0 spiro atoms. The number of imidazole rings is 1. The second kappa shape index (κ2) is 5.01. The summed E-state index contributed by atoms with van der Waals surface area (Å²) in [6, 6.07) is -0.0306. The largest absolute Gasteiger partial charge is 0.338 e. The number of aryl methyl sites for hydroxylation is 1. The van der Waals surface area contributed by atoms with Crippen LogP contribution in [-0.2, 0) is 6.42 Å². The van der Waals surface area contributed by atoms with Gasteiger partial charge >= 0.3 is 6.03 Å². The van der Waals surface area contributed by atoms with Crippen molar-refractivity contribution in [2.24, 2.45) is 0 Å². The number of aromatic nitrogens is 2. The molecule has 2 amide bonds. The van der Waals surface area contributed by atoms with Crippen LogP contribution in [0.15, 0.2) is 6.20 Å². The van der Waals surface area contributed by atoms with Crippen molar-refractivity contribution >= 4 is 11.8 Å². The zero-order valence-corrected chi connectivity index (χ0v) is 9.62. The zero-order valence-electron chi connectivity index (χ0n) is 9.62. The molecule has 0 bridgehead atoms. The molecule has 0 aromatic carbocycles. The normalized spacial score (nSPS) is 16.3. The van der Waals surface area contributed by atoms with E-state index in [4.69, 9.17) is 0 Å². The zero-order chi connectivity index (χ0) is 11.4. The first-order valence-electron chi connectivity index (χ1n) is 5.90. The number of H-pyrrole nitrogens is 1. The molecule has 0 unspecified atom stereocenters. The van der Waals surface area contributed by atoms with Gasteiger partial charge in [-0.25, -0.2) is 9.78 Å². The van der Waals surface area contributed by atoms with Gasteiger partial charge in [-0.15, -0.1) is 0 Å². The number of carbonyl (C=O) groups is 1. The van der Waals surface area contributed by atoms with E-state index in [9.17, 15) is 4.79 Å². The number of nitrogens with one attached hydrogen (secondary N) is 2. The molecular weight excluding hydrogens is 204 g/mol. The van der Waals surface area contributed by atoms with Crippen LogP contribution in [0.25, 0.3) is 0 Å². The topological polar surface area (TPSA) is 61.0 Å². The molecule has 88 valence electrons. The minimum absolute atomic E-state index is 0.0306. The van der Waals surface area contributed by atoms with E-state index >= 15 is 0 Å². The number of hydrogen-bond acceptors (Lipinski definition) is 2. The first-order chi connectivity index (χ1) is 7.81. The molecule has 1 aromatic heterocycles. The number of amides is 2. The summed E-state index contributed by atoms with van der Waals surface area (Å²) in [6.07, 6.45) is 5.95. The van der Waals surface area contributed by atoms with Crippen LogP contribution in [0.4, 0.5) is 10.6 Å². The molecule has 1 saturated heterocycles. The molecule has 1 aliphatic rings. The number of hydrogen-bond donors (Lipinski definition) is 2. The third kappa shape index (κ3) is 2.35. The molecule has 0 atom stereocenters. The van der Waals surface area contributed by atoms with Crippen LogP contribution < -0.4 is 10.2 Å². The van der Waals surface area contributed by atoms with Gasteiger partial charge in [0.1, 0.15) is 11.6 Å². The van der Waals surface area contributed by atoms with E-state index in [2.05, 4.69) is 22.2 Å². The van der Waals surface area contributed by atoms with Crippen molar-refractivity contribution in [2.75, 3.05) is 18.0 Å². The maximum Gasteiger partial charge on any atom is 0.323 e. The van der Waals surface area contributed by atoms with E-state index in [1.807, 2.05) is 0 Å². The minimum Gasteiger partial charge on any atom is -0.338 e. The van der Waals surface area contributed by atoms with Crippen LogP contribution in [0.5, 0.6) is 0 Å². The quantitative estimate of drug-likeness (QED) is 0.814. The third-order valence-corrected chi connectivity index (χ3v) is 2.75. The molecule has 1 aromatic rings. The fraction of sp³-hybridized carbons (Fsp3) is 0.636. The van der Waals surface area contributed by atoms with Gasteiger partial charge in [0.2, 0.25) is 0 Å². The van der Waals surface area contributed by atoms with Crippen molar-refractivity contribution in [3.05, 3.63) is 12.0 Å². The summed E-state index contributed by atoms with van der Waals surface area (Å²) in [6.45, 7) is 3.69. The maximum absolute atomic E-state index is 11.6. The number of rotatable bonds is 4. The van der Waals surface area contributed by atoms with E-state index in [0.29, 0.717) is 0 Å². The molecule has 0 aliphatic carbocycles. The Labute approximate surface area is 95.2 Å². The van der Waals surface area contributed by atoms with Crippen LogP contribution in [0.1, 0.15) is 32.0 Å². The predicted molar refractivity (Wildman–Crippen MR) is 62.6 cm³/mol. The highest BCUT2D eigenvalue weighted by Gasteiger charge is 2.20. The van der Waals surface area contributed by atoms with Crippen LogP contribution in [0, 0.1) is 0 Å². The lowest BCUT2D eigenvalue weighted by Gasteiger charge is -2.25. The van der Waals surface area contributed by atoms with Gasteiger partial charge in [-0.3, -0.25) is 4.90 Å². The van der Waals surface area contributed by atoms with Crippen molar-refractivity contribution in [1.29, 1.82) is 0 Å². The number of carbonyl (C=O) groups excluding carboxylic acids is 1. The lowest BCUT2D eigenvalue weighted by atomic mass is 10.2. The summed E-state index contributed by atoms with van der Waals surface area (Å²) in [7, 11) is 0. The number of unbranched alkanes of at least 4 members (excludes halogenated alkanes) is 1. The van der Waals surface area contributed by atoms with Crippen LogP contribution in [0.3, 0.4) is 0 Å². The van der Waals surface area contributed by atoms with Crippen molar-refractivity contribution in [3.63, 3.8) is 0 Å². The fourth-order valence-corrected chi connectivity index (χ4v) is 1.82. The molecule has 16 heavy (non-hydrogen) atoms. The highest BCUT2D eigenvalue weighted by atomic mass is 16.2. The smallest absolute Gasteiger partial charge is 0.323 e. The number of anilines is 1. The molecule has 0 radical (unpaired) electrons. The Balaban J connectivity index is 2.02. The van der Waals surface area contributed by atoms with Gasteiger partial charge in [0.15, 0.2) is 0 Å². The first kappa shape index (κ1) is 11.0. The van der Waals surface area contributed by atoms with Gasteiger partial charge in [0, 0.05) is 19.5 Å². The molecule has 0 saturated carbocycles. The van der Waals surface area contributed by atoms with Gasteiger partial charge in [0.05, 0.1) is 6.20 Å². The fourth-order valence-electron chi connectivity index (χ4n) is 1.82. The Morgan fingerprint density at radius 3 is 3.19 bits per heavy atom. The van der Waals surface area contributed by atoms with Crippen molar-refractivity contribution in [3.8, 4) is 0 Å². The van der Waals surface area contributed by atoms with E-state index in [1.165, 1.54) is 0 Å². The summed E-state index contributed by atoms with van der Waals surface area (Å²) < 4.78 is 0. The first-order valence-corrected chi connectivity index (χ1v) is 5.90. The van der Waals surface area contributed by atoms with Gasteiger partial charge < -0.3 is 10.3 Å². The monoisotopic (exact) mass is 222 g/mol. The van der Waals surface area contributed by atoms with Gasteiger partial charge in [0.25, 0.3) is 0 Å². The summed E-state index contributed by atoms with van der Waals surface area (Å²) in [5.74, 6) is 1.78. The molecule has 5 nitrogen and oxygen atoms in total. The second-order valence-corrected chi connectivity index (χ2v) is 4.06. The highest BCUT2D eigenvalue weighted by Crippen LogP contribution is 2.14. The van der Waals surface area contributed by atoms with Gasteiger partial charge in [-0.05, 0) is 12.8 Å². The molecule has 2 heterocycles. The van der Waals surface area contributed by atoms with Crippen molar-refractivity contribution in [1.82, 2.24) is 15.3 Å². The molecule has 5 heteroatoms.